The summed E-state index contributed by atoms with van der Waals surface area (Å²) in [6.07, 6.45) is -0.0420. The molecule has 9 nitrogen and oxygen atoms in total. The number of piperidine rings is 1. The molecule has 0 aromatic heterocycles. The Morgan fingerprint density at radius 1 is 1.16 bits per heavy atom. The molecule has 1 spiro atoms. The number of carbonyl (C=O) groups excluding carboxylic acids is 2. The van der Waals surface area contributed by atoms with Gasteiger partial charge in [0.1, 0.15) is 5.54 Å². The smallest absolute Gasteiger partial charge is 0.434 e. The summed E-state index contributed by atoms with van der Waals surface area (Å²) in [6, 6.07) is 3.54. The molecule has 176 valence electrons. The maximum absolute atomic E-state index is 13.8. The number of halogens is 1. The van der Waals surface area contributed by atoms with Crippen molar-refractivity contribution in [1.29, 1.82) is 0 Å². The van der Waals surface area contributed by atoms with Crippen LogP contribution in [0.5, 0.6) is 0 Å². The molecule has 0 saturated carbocycles. The third-order valence-corrected chi connectivity index (χ3v) is 5.96. The van der Waals surface area contributed by atoms with E-state index in [1.54, 1.807) is 31.2 Å². The zero-order chi connectivity index (χ0) is 23.5. The average Bonchev–Trinajstić information content (AvgIpc) is 2.94. The van der Waals surface area contributed by atoms with Gasteiger partial charge in [0.05, 0.1) is 19.3 Å². The number of aryl methyl sites for hydroxylation is 2. The monoisotopic (exact) mass is 468 g/mol. The van der Waals surface area contributed by atoms with E-state index < -0.39 is 17.6 Å². The molecule has 0 atom stereocenters. The van der Waals surface area contributed by atoms with Gasteiger partial charge in [0.15, 0.2) is 12.6 Å². The van der Waals surface area contributed by atoms with Gasteiger partial charge in [-0.15, -0.1) is 0 Å². The summed E-state index contributed by atoms with van der Waals surface area (Å²) in [6.45, 7) is 6.40. The van der Waals surface area contributed by atoms with Crippen molar-refractivity contribution < 1.29 is 33.5 Å². The van der Waals surface area contributed by atoms with E-state index in [0.717, 1.165) is 11.1 Å². The standard InChI is InChI=1S/C22H29ClN2O7/c1-6-30-21(27)32-19-18(17-14(2)11-16(23)12-15(17)3)20(26)25(31-13-28-4)22(19)7-9-24(29-5)10-8-22/h11-12H,6-10,13H2,1-5H3. The Morgan fingerprint density at radius 3 is 2.31 bits per heavy atom. The molecule has 1 saturated heterocycles. The molecular weight excluding hydrogens is 440 g/mol. The highest BCUT2D eigenvalue weighted by atomic mass is 35.5. The molecular formula is C22H29ClN2O7. The van der Waals surface area contributed by atoms with Crippen molar-refractivity contribution in [1.82, 2.24) is 10.1 Å². The molecule has 0 N–H and O–H groups in total. The maximum atomic E-state index is 13.8. The summed E-state index contributed by atoms with van der Waals surface area (Å²) in [5, 5.41) is 3.61. The largest absolute Gasteiger partial charge is 0.513 e. The summed E-state index contributed by atoms with van der Waals surface area (Å²) in [7, 11) is 3.06. The van der Waals surface area contributed by atoms with E-state index in [9.17, 15) is 9.59 Å². The molecule has 2 aliphatic heterocycles. The molecule has 10 heteroatoms. The lowest BCUT2D eigenvalue weighted by molar-refractivity contribution is -0.260. The van der Waals surface area contributed by atoms with Crippen molar-refractivity contribution in [2.45, 2.75) is 39.2 Å². The Morgan fingerprint density at radius 2 is 1.78 bits per heavy atom. The Bertz CT molecular complexity index is 887. The third kappa shape index (κ3) is 4.49. The fourth-order valence-electron chi connectivity index (χ4n) is 4.38. The fourth-order valence-corrected chi connectivity index (χ4v) is 4.70. The van der Waals surface area contributed by atoms with Crippen LogP contribution in [-0.2, 0) is 28.7 Å². The highest BCUT2D eigenvalue weighted by molar-refractivity contribution is 6.31. The van der Waals surface area contributed by atoms with Gasteiger partial charge in [-0.05, 0) is 62.4 Å². The highest BCUT2D eigenvalue weighted by Gasteiger charge is 2.57. The number of hydroxylamine groups is 4. The van der Waals surface area contributed by atoms with Crippen LogP contribution in [0.4, 0.5) is 4.79 Å². The zero-order valence-electron chi connectivity index (χ0n) is 19.0. The molecule has 0 radical (unpaired) electrons. The Labute approximate surface area is 192 Å². The molecule has 1 amide bonds. The number of amides is 1. The number of rotatable bonds is 7. The molecule has 1 aromatic rings. The van der Waals surface area contributed by atoms with Crippen LogP contribution in [0.15, 0.2) is 17.9 Å². The van der Waals surface area contributed by atoms with Crippen molar-refractivity contribution in [2.75, 3.05) is 40.7 Å². The Hall–Kier alpha value is -2.17. The van der Waals surface area contributed by atoms with Crippen LogP contribution in [0, 0.1) is 13.8 Å². The topological polar surface area (TPSA) is 86.8 Å². The van der Waals surface area contributed by atoms with Gasteiger partial charge in [0, 0.05) is 25.2 Å². The summed E-state index contributed by atoms with van der Waals surface area (Å²) >= 11 is 6.22. The normalized spacial score (nSPS) is 18.6. The van der Waals surface area contributed by atoms with Gasteiger partial charge in [0.25, 0.3) is 5.91 Å². The van der Waals surface area contributed by atoms with E-state index in [0.29, 0.717) is 36.5 Å². The van der Waals surface area contributed by atoms with Gasteiger partial charge in [-0.1, -0.05) is 11.6 Å². The molecule has 0 bridgehead atoms. The molecule has 3 rings (SSSR count). The molecule has 32 heavy (non-hydrogen) atoms. The third-order valence-electron chi connectivity index (χ3n) is 5.74. The van der Waals surface area contributed by atoms with Crippen LogP contribution in [0.3, 0.4) is 0 Å². The Balaban J connectivity index is 2.21. The number of methoxy groups -OCH3 is 1. The molecule has 2 heterocycles. The van der Waals surface area contributed by atoms with E-state index >= 15 is 0 Å². The first-order valence-electron chi connectivity index (χ1n) is 10.4. The second-order valence-corrected chi connectivity index (χ2v) is 8.12. The second kappa shape index (κ2) is 10.2. The molecule has 0 unspecified atom stereocenters. The van der Waals surface area contributed by atoms with E-state index in [2.05, 4.69) is 0 Å². The first-order valence-corrected chi connectivity index (χ1v) is 10.8. The van der Waals surface area contributed by atoms with Crippen LogP contribution in [0.1, 0.15) is 36.5 Å². The SMILES string of the molecule is CCOC(=O)OC1=C(c2c(C)cc(Cl)cc2C)C(=O)N(OCOC)C12CCN(OC)CC2. The summed E-state index contributed by atoms with van der Waals surface area (Å²) in [5.74, 6) is -0.206. The predicted octanol–water partition coefficient (Wildman–Crippen LogP) is 3.61. The summed E-state index contributed by atoms with van der Waals surface area (Å²) < 4.78 is 15.9. The van der Waals surface area contributed by atoms with Gasteiger partial charge in [0.2, 0.25) is 0 Å². The van der Waals surface area contributed by atoms with E-state index in [1.165, 1.54) is 12.2 Å². The minimum absolute atomic E-state index is 0.139. The van der Waals surface area contributed by atoms with E-state index in [-0.39, 0.29) is 24.7 Å². The van der Waals surface area contributed by atoms with Crippen LogP contribution in [-0.4, -0.2) is 68.4 Å². The zero-order valence-corrected chi connectivity index (χ0v) is 19.8. The van der Waals surface area contributed by atoms with Crippen LogP contribution in [0.25, 0.3) is 5.57 Å². The van der Waals surface area contributed by atoms with Crippen molar-refractivity contribution in [3.8, 4) is 0 Å². The number of carbonyl (C=O) groups is 2. The van der Waals surface area contributed by atoms with Crippen molar-refractivity contribution in [2.24, 2.45) is 0 Å². The van der Waals surface area contributed by atoms with Crippen molar-refractivity contribution in [3.63, 3.8) is 0 Å². The number of hydrogen-bond donors (Lipinski definition) is 0. The number of hydrogen-bond acceptors (Lipinski definition) is 8. The number of nitrogens with zero attached hydrogens (tertiary/aromatic N) is 2. The number of ether oxygens (including phenoxy) is 3. The maximum Gasteiger partial charge on any atom is 0.513 e. The molecule has 1 aromatic carbocycles. The van der Waals surface area contributed by atoms with Gasteiger partial charge in [-0.2, -0.15) is 5.06 Å². The van der Waals surface area contributed by atoms with Crippen LogP contribution < -0.4 is 0 Å². The summed E-state index contributed by atoms with van der Waals surface area (Å²) in [4.78, 5) is 37.3. The van der Waals surface area contributed by atoms with Crippen LogP contribution in [0.2, 0.25) is 5.02 Å². The number of benzene rings is 1. The van der Waals surface area contributed by atoms with Gasteiger partial charge in [-0.3, -0.25) is 4.79 Å². The highest BCUT2D eigenvalue weighted by Crippen LogP contribution is 2.48. The molecule has 2 aliphatic rings. The first-order chi connectivity index (χ1) is 15.3. The van der Waals surface area contributed by atoms with E-state index in [4.69, 9.17) is 35.5 Å². The minimum atomic E-state index is -1.02. The van der Waals surface area contributed by atoms with Crippen molar-refractivity contribution >= 4 is 29.2 Å². The predicted molar refractivity (Wildman–Crippen MR) is 116 cm³/mol. The lowest BCUT2D eigenvalue weighted by Gasteiger charge is -2.43. The quantitative estimate of drug-likeness (QED) is 0.443. The van der Waals surface area contributed by atoms with Gasteiger partial charge < -0.3 is 19.0 Å². The van der Waals surface area contributed by atoms with Gasteiger partial charge in [-0.25, -0.2) is 14.7 Å². The summed E-state index contributed by atoms with van der Waals surface area (Å²) in [5.41, 5.74) is 1.44. The van der Waals surface area contributed by atoms with Gasteiger partial charge >= 0.3 is 6.16 Å². The lowest BCUT2D eigenvalue weighted by Crippen LogP contribution is -2.55. The molecule has 1 fully saturated rings. The Kier molecular flexibility index (Phi) is 7.79. The second-order valence-electron chi connectivity index (χ2n) is 7.68. The average molecular weight is 469 g/mol. The van der Waals surface area contributed by atoms with Crippen molar-refractivity contribution in [3.05, 3.63) is 39.6 Å². The fraction of sp³-hybridized carbons (Fsp3) is 0.545. The van der Waals surface area contributed by atoms with Crippen LogP contribution >= 0.6 is 11.6 Å². The minimum Gasteiger partial charge on any atom is -0.434 e. The first kappa shape index (κ1) is 24.5. The lowest BCUT2D eigenvalue weighted by atomic mass is 9.85. The molecule has 0 aliphatic carbocycles. The van der Waals surface area contributed by atoms with E-state index in [1.807, 2.05) is 13.8 Å².